The van der Waals surface area contributed by atoms with Gasteiger partial charge in [0.25, 0.3) is 0 Å². The molecule has 0 radical (unpaired) electrons. The number of ether oxygens (including phenoxy) is 1. The van der Waals surface area contributed by atoms with Gasteiger partial charge in [0.2, 0.25) is 11.8 Å². The third-order valence-corrected chi connectivity index (χ3v) is 6.85. The molecule has 32 heavy (non-hydrogen) atoms. The van der Waals surface area contributed by atoms with Gasteiger partial charge in [-0.15, -0.1) is 0 Å². The van der Waals surface area contributed by atoms with Gasteiger partial charge in [-0.3, -0.25) is 0 Å². The molecule has 2 aromatic heterocycles. The number of anilines is 1. The van der Waals surface area contributed by atoms with Crippen LogP contribution in [0, 0.1) is 13.8 Å². The summed E-state index contributed by atoms with van der Waals surface area (Å²) in [5, 5.41) is 4.90. The van der Waals surface area contributed by atoms with E-state index in [0.717, 1.165) is 65.5 Å². The van der Waals surface area contributed by atoms with Crippen LogP contribution >= 0.6 is 0 Å². The Morgan fingerprint density at radius 2 is 1.69 bits per heavy atom. The highest BCUT2D eigenvalue weighted by molar-refractivity contribution is 5.70. The number of nitrogens with two attached hydrogens (primary N) is 1. The number of aryl methyl sites for hydroxylation is 3. The zero-order chi connectivity index (χ0) is 21.8. The number of aromatic nitrogens is 3. The minimum atomic E-state index is -0.0628. The van der Waals surface area contributed by atoms with Crippen molar-refractivity contribution in [1.29, 1.82) is 0 Å². The monoisotopic (exact) mass is 422 g/mol. The number of para-hydroxylation sites is 1. The van der Waals surface area contributed by atoms with E-state index in [-0.39, 0.29) is 5.92 Å². The second-order valence-electron chi connectivity index (χ2n) is 8.82. The Kier molecular flexibility index (Phi) is 4.32. The summed E-state index contributed by atoms with van der Waals surface area (Å²) >= 11 is 0. The van der Waals surface area contributed by atoms with Crippen LogP contribution in [0.2, 0.25) is 0 Å². The van der Waals surface area contributed by atoms with E-state index in [1.54, 1.807) is 0 Å². The number of nitrogen functional groups attached to an aromatic ring is 1. The summed E-state index contributed by atoms with van der Waals surface area (Å²) in [5.41, 5.74) is 16.4. The van der Waals surface area contributed by atoms with Crippen LogP contribution in [0.3, 0.4) is 0 Å². The van der Waals surface area contributed by atoms with E-state index < -0.39 is 0 Å². The van der Waals surface area contributed by atoms with Crippen LogP contribution in [0.15, 0.2) is 54.6 Å². The van der Waals surface area contributed by atoms with Gasteiger partial charge in [0, 0.05) is 22.9 Å². The highest BCUT2D eigenvalue weighted by Gasteiger charge is 2.39. The third kappa shape index (κ3) is 2.77. The molecule has 2 aliphatic rings. The molecule has 160 valence electrons. The van der Waals surface area contributed by atoms with Crippen molar-refractivity contribution in [3.63, 3.8) is 0 Å². The molecule has 3 heterocycles. The van der Waals surface area contributed by atoms with Crippen LogP contribution in [0.1, 0.15) is 58.0 Å². The van der Waals surface area contributed by atoms with E-state index in [4.69, 9.17) is 20.6 Å². The molecule has 2 aromatic carbocycles. The molecule has 0 saturated heterocycles. The molecule has 1 aliphatic heterocycles. The molecular formula is C27H26N4O. The van der Waals surface area contributed by atoms with Crippen molar-refractivity contribution in [2.75, 3.05) is 5.73 Å². The first kappa shape index (κ1) is 19.1. The molecule has 0 spiro atoms. The Morgan fingerprint density at radius 3 is 2.50 bits per heavy atom. The van der Waals surface area contributed by atoms with E-state index in [0.29, 0.717) is 5.88 Å². The van der Waals surface area contributed by atoms with Gasteiger partial charge in [-0.05, 0) is 68.4 Å². The van der Waals surface area contributed by atoms with E-state index >= 15 is 0 Å². The number of benzene rings is 2. The van der Waals surface area contributed by atoms with E-state index in [1.165, 1.54) is 16.7 Å². The van der Waals surface area contributed by atoms with Gasteiger partial charge < -0.3 is 10.5 Å². The first-order chi connectivity index (χ1) is 15.6. The van der Waals surface area contributed by atoms with Gasteiger partial charge in [0.1, 0.15) is 0 Å². The van der Waals surface area contributed by atoms with E-state index in [2.05, 4.69) is 38.1 Å². The van der Waals surface area contributed by atoms with Crippen molar-refractivity contribution in [2.24, 2.45) is 0 Å². The molecule has 5 nitrogen and oxygen atoms in total. The van der Waals surface area contributed by atoms with Crippen LogP contribution in [0.5, 0.6) is 11.8 Å². The molecule has 0 amide bonds. The first-order valence-electron chi connectivity index (χ1n) is 11.3. The molecule has 1 aliphatic carbocycles. The Bertz CT molecular complexity index is 1340. The predicted molar refractivity (Wildman–Crippen MR) is 126 cm³/mol. The van der Waals surface area contributed by atoms with Crippen molar-refractivity contribution >= 4 is 5.69 Å². The van der Waals surface area contributed by atoms with Crippen molar-refractivity contribution < 1.29 is 4.74 Å². The average molecular weight is 423 g/mol. The minimum absolute atomic E-state index is 0.0628. The van der Waals surface area contributed by atoms with Crippen LogP contribution in [-0.2, 0) is 12.8 Å². The molecule has 1 unspecified atom stereocenters. The fraction of sp³-hybridized carbons (Fsp3) is 0.259. The van der Waals surface area contributed by atoms with Gasteiger partial charge in [0.05, 0.1) is 16.9 Å². The second kappa shape index (κ2) is 7.23. The number of pyridine rings is 1. The standard InChI is InChI=1S/C27H26N4O/c1-16-10-6-7-13-19(16)23-22-17(2)30-31(18-11-4-3-5-12-18)27(22)32-26-24(23)25(28)20-14-8-9-15-21(20)29-26/h3-7,10-13,23H,8-9,14-15H2,1-2H3,(H2,28,29). The van der Waals surface area contributed by atoms with Gasteiger partial charge in [-0.1, -0.05) is 42.5 Å². The zero-order valence-corrected chi connectivity index (χ0v) is 18.4. The van der Waals surface area contributed by atoms with Gasteiger partial charge in [-0.25, -0.2) is 9.67 Å². The van der Waals surface area contributed by atoms with Gasteiger partial charge in [0.15, 0.2) is 0 Å². The largest absolute Gasteiger partial charge is 0.420 e. The highest BCUT2D eigenvalue weighted by atomic mass is 16.5. The Morgan fingerprint density at radius 1 is 0.938 bits per heavy atom. The van der Waals surface area contributed by atoms with E-state index in [9.17, 15) is 0 Å². The maximum absolute atomic E-state index is 6.88. The summed E-state index contributed by atoms with van der Waals surface area (Å²) in [6, 6.07) is 18.6. The van der Waals surface area contributed by atoms with Gasteiger partial charge >= 0.3 is 0 Å². The quantitative estimate of drug-likeness (QED) is 0.400. The Balaban J connectivity index is 1.66. The maximum atomic E-state index is 6.88. The van der Waals surface area contributed by atoms with Crippen molar-refractivity contribution in [1.82, 2.24) is 14.8 Å². The fourth-order valence-corrected chi connectivity index (χ4v) is 5.27. The first-order valence-corrected chi connectivity index (χ1v) is 11.3. The molecule has 0 fully saturated rings. The summed E-state index contributed by atoms with van der Waals surface area (Å²) < 4.78 is 8.43. The lowest BCUT2D eigenvalue weighted by Gasteiger charge is -2.31. The lowest BCUT2D eigenvalue weighted by molar-refractivity contribution is 0.401. The van der Waals surface area contributed by atoms with Gasteiger partial charge in [-0.2, -0.15) is 5.10 Å². The predicted octanol–water partition coefficient (Wildman–Crippen LogP) is 5.63. The summed E-state index contributed by atoms with van der Waals surface area (Å²) in [4.78, 5) is 5.02. The summed E-state index contributed by atoms with van der Waals surface area (Å²) in [5.74, 6) is 1.30. The molecule has 5 heteroatoms. The highest BCUT2D eigenvalue weighted by Crippen LogP contribution is 2.52. The van der Waals surface area contributed by atoms with Crippen molar-refractivity contribution in [2.45, 2.75) is 45.4 Å². The maximum Gasteiger partial charge on any atom is 0.229 e. The third-order valence-electron chi connectivity index (χ3n) is 6.85. The van der Waals surface area contributed by atoms with E-state index in [1.807, 2.05) is 35.0 Å². The van der Waals surface area contributed by atoms with Crippen LogP contribution in [0.25, 0.3) is 5.69 Å². The minimum Gasteiger partial charge on any atom is -0.420 e. The van der Waals surface area contributed by atoms with Crippen LogP contribution in [-0.4, -0.2) is 14.8 Å². The summed E-state index contributed by atoms with van der Waals surface area (Å²) in [6.45, 7) is 4.21. The second-order valence-corrected chi connectivity index (χ2v) is 8.82. The molecule has 0 saturated carbocycles. The van der Waals surface area contributed by atoms with Crippen LogP contribution < -0.4 is 10.5 Å². The SMILES string of the molecule is Cc1ccccc1C1c2c(nc3c(c2N)CCCC3)Oc2c1c(C)nn2-c1ccccc1. The van der Waals surface area contributed by atoms with Crippen molar-refractivity contribution in [3.05, 3.63) is 93.8 Å². The number of hydrogen-bond acceptors (Lipinski definition) is 4. The zero-order valence-electron chi connectivity index (χ0n) is 18.4. The normalized spacial score (nSPS) is 16.6. The topological polar surface area (TPSA) is 66.0 Å². The number of fused-ring (bicyclic) bond motifs is 3. The lowest BCUT2D eigenvalue weighted by atomic mass is 9.79. The molecule has 4 aromatic rings. The number of rotatable bonds is 2. The Hall–Kier alpha value is -3.60. The number of nitrogens with zero attached hydrogens (tertiary/aromatic N) is 3. The number of hydrogen-bond donors (Lipinski definition) is 1. The summed E-state index contributed by atoms with van der Waals surface area (Å²) in [6.07, 6.45) is 4.24. The fourth-order valence-electron chi connectivity index (χ4n) is 5.27. The lowest BCUT2D eigenvalue weighted by Crippen LogP contribution is -2.20. The average Bonchev–Trinajstić information content (AvgIpc) is 3.15. The molecule has 1 atom stereocenters. The Labute approximate surface area is 187 Å². The van der Waals surface area contributed by atoms with Crippen molar-refractivity contribution in [3.8, 4) is 17.4 Å². The summed E-state index contributed by atoms with van der Waals surface area (Å²) in [7, 11) is 0. The smallest absolute Gasteiger partial charge is 0.229 e. The van der Waals surface area contributed by atoms with Crippen LogP contribution in [0.4, 0.5) is 5.69 Å². The molecule has 0 bridgehead atoms. The molecule has 2 N–H and O–H groups in total. The molecule has 6 rings (SSSR count). The molecular weight excluding hydrogens is 396 g/mol.